The Balaban J connectivity index is 2.33. The van der Waals surface area contributed by atoms with E-state index in [1.54, 1.807) is 6.07 Å². The Bertz CT molecular complexity index is 659. The van der Waals surface area contributed by atoms with Gasteiger partial charge in [0, 0.05) is 5.56 Å². The van der Waals surface area contributed by atoms with Crippen molar-refractivity contribution in [1.29, 1.82) is 0 Å². The van der Waals surface area contributed by atoms with Gasteiger partial charge in [-0.15, -0.1) is 0 Å². The Kier molecular flexibility index (Phi) is 3.58. The first-order valence-corrected chi connectivity index (χ1v) is 6.96. The van der Waals surface area contributed by atoms with E-state index < -0.39 is 21.4 Å². The van der Waals surface area contributed by atoms with Crippen LogP contribution in [0.15, 0.2) is 41.8 Å². The third-order valence-electron chi connectivity index (χ3n) is 2.18. The van der Waals surface area contributed by atoms with E-state index >= 15 is 0 Å². The molecular formula is C11H8ClFN2O2S. The predicted octanol–water partition coefficient (Wildman–Crippen LogP) is 2.24. The van der Waals surface area contributed by atoms with E-state index in [0.717, 1.165) is 0 Å². The molecule has 0 fully saturated rings. The molecule has 0 aliphatic heterocycles. The molecule has 18 heavy (non-hydrogen) atoms. The second-order valence-electron chi connectivity index (χ2n) is 3.53. The van der Waals surface area contributed by atoms with Gasteiger partial charge in [-0.3, -0.25) is 0 Å². The van der Waals surface area contributed by atoms with Gasteiger partial charge in [0.2, 0.25) is 15.0 Å². The van der Waals surface area contributed by atoms with Crippen LogP contribution >= 0.6 is 11.6 Å². The van der Waals surface area contributed by atoms with Gasteiger partial charge in [-0.1, -0.05) is 29.8 Å². The molecule has 0 amide bonds. The van der Waals surface area contributed by atoms with Gasteiger partial charge in [0.1, 0.15) is 5.82 Å². The van der Waals surface area contributed by atoms with Crippen LogP contribution in [0.3, 0.4) is 0 Å². The maximum atomic E-state index is 13.4. The summed E-state index contributed by atoms with van der Waals surface area (Å²) in [5.41, 5.74) is 0.0797. The molecule has 7 heteroatoms. The molecule has 1 aromatic carbocycles. The van der Waals surface area contributed by atoms with E-state index in [1.807, 2.05) is 0 Å². The fraction of sp³-hybridized carbons (Fsp3) is 0.0909. The first-order chi connectivity index (χ1) is 8.49. The Morgan fingerprint density at radius 2 is 1.78 bits per heavy atom. The van der Waals surface area contributed by atoms with E-state index in [4.69, 9.17) is 11.6 Å². The molecule has 0 saturated heterocycles. The van der Waals surface area contributed by atoms with Crippen LogP contribution in [0.2, 0.25) is 5.02 Å². The number of hydrogen-bond acceptors (Lipinski definition) is 4. The monoisotopic (exact) mass is 286 g/mol. The Labute approximate surface area is 108 Å². The fourth-order valence-electron chi connectivity index (χ4n) is 1.35. The highest BCUT2D eigenvalue weighted by molar-refractivity contribution is 7.90. The van der Waals surface area contributed by atoms with Gasteiger partial charge in [-0.25, -0.2) is 22.8 Å². The number of benzene rings is 1. The number of hydrogen-bond donors (Lipinski definition) is 0. The van der Waals surface area contributed by atoms with Gasteiger partial charge >= 0.3 is 0 Å². The van der Waals surface area contributed by atoms with Crippen molar-refractivity contribution in [2.24, 2.45) is 0 Å². The van der Waals surface area contributed by atoms with Crippen molar-refractivity contribution >= 4 is 21.4 Å². The van der Waals surface area contributed by atoms with E-state index in [0.29, 0.717) is 0 Å². The standard InChI is InChI=1S/C11H8ClFN2O2S/c12-9-5-14-11(15-6-9)18(16,17)7-8-3-1-2-4-10(8)13/h1-6H,7H2. The van der Waals surface area contributed by atoms with E-state index in [9.17, 15) is 12.8 Å². The molecule has 0 aliphatic carbocycles. The predicted molar refractivity (Wildman–Crippen MR) is 64.3 cm³/mol. The largest absolute Gasteiger partial charge is 0.247 e. The molecule has 0 radical (unpaired) electrons. The van der Waals surface area contributed by atoms with Crippen molar-refractivity contribution in [3.8, 4) is 0 Å². The number of nitrogens with zero attached hydrogens (tertiary/aromatic N) is 2. The minimum atomic E-state index is -3.77. The minimum absolute atomic E-state index is 0.0797. The quantitative estimate of drug-likeness (QED) is 0.812. The molecule has 1 heterocycles. The lowest BCUT2D eigenvalue weighted by molar-refractivity contribution is 0.579. The third kappa shape index (κ3) is 2.83. The third-order valence-corrected chi connectivity index (χ3v) is 3.83. The van der Waals surface area contributed by atoms with Crippen LogP contribution < -0.4 is 0 Å². The van der Waals surface area contributed by atoms with Gasteiger partial charge in [0.15, 0.2) is 0 Å². The molecule has 94 valence electrons. The minimum Gasteiger partial charge on any atom is -0.225 e. The maximum absolute atomic E-state index is 13.4. The van der Waals surface area contributed by atoms with Gasteiger partial charge in [0.05, 0.1) is 23.2 Å². The lowest BCUT2D eigenvalue weighted by Crippen LogP contribution is -2.10. The first kappa shape index (κ1) is 12.9. The molecule has 0 bridgehead atoms. The Morgan fingerprint density at radius 3 is 2.39 bits per heavy atom. The smallest absolute Gasteiger partial charge is 0.225 e. The van der Waals surface area contributed by atoms with Crippen molar-refractivity contribution in [3.05, 3.63) is 53.1 Å². The number of sulfone groups is 1. The van der Waals surface area contributed by atoms with Crippen molar-refractivity contribution in [3.63, 3.8) is 0 Å². The molecule has 0 aliphatic rings. The summed E-state index contributed by atoms with van der Waals surface area (Å²) in [6.07, 6.45) is 2.37. The lowest BCUT2D eigenvalue weighted by atomic mass is 10.2. The highest BCUT2D eigenvalue weighted by atomic mass is 35.5. The summed E-state index contributed by atoms with van der Waals surface area (Å²) < 4.78 is 37.2. The van der Waals surface area contributed by atoms with E-state index in [2.05, 4.69) is 9.97 Å². The fourth-order valence-corrected chi connectivity index (χ4v) is 2.64. The summed E-state index contributed by atoms with van der Waals surface area (Å²) in [4.78, 5) is 7.24. The second kappa shape index (κ2) is 4.99. The summed E-state index contributed by atoms with van der Waals surface area (Å²) in [6, 6.07) is 5.66. The maximum Gasteiger partial charge on any atom is 0.247 e. The van der Waals surface area contributed by atoms with Crippen LogP contribution in [0.1, 0.15) is 5.56 Å². The molecule has 4 nitrogen and oxygen atoms in total. The number of halogens is 2. The molecule has 0 N–H and O–H groups in total. The van der Waals surface area contributed by atoms with Gasteiger partial charge in [0.25, 0.3) is 0 Å². The van der Waals surface area contributed by atoms with Crippen LogP contribution in [-0.2, 0) is 15.6 Å². The highest BCUT2D eigenvalue weighted by Crippen LogP contribution is 2.16. The van der Waals surface area contributed by atoms with Crippen LogP contribution in [0.4, 0.5) is 4.39 Å². The molecule has 0 saturated carbocycles. The summed E-state index contributed by atoms with van der Waals surface area (Å²) in [7, 11) is -3.77. The van der Waals surface area contributed by atoms with Gasteiger partial charge in [-0.05, 0) is 6.07 Å². The average Bonchev–Trinajstić information content (AvgIpc) is 2.32. The number of rotatable bonds is 3. The Hall–Kier alpha value is -1.53. The Morgan fingerprint density at radius 1 is 1.17 bits per heavy atom. The molecule has 0 unspecified atom stereocenters. The van der Waals surface area contributed by atoms with E-state index in [-0.39, 0.29) is 15.7 Å². The normalized spacial score (nSPS) is 11.4. The van der Waals surface area contributed by atoms with Crippen LogP contribution in [-0.4, -0.2) is 18.4 Å². The first-order valence-electron chi connectivity index (χ1n) is 4.93. The summed E-state index contributed by atoms with van der Waals surface area (Å²) in [5.74, 6) is -1.06. The van der Waals surface area contributed by atoms with Crippen molar-refractivity contribution in [2.75, 3.05) is 0 Å². The summed E-state index contributed by atoms with van der Waals surface area (Å²) in [5, 5.41) is -0.130. The van der Waals surface area contributed by atoms with E-state index in [1.165, 1.54) is 30.6 Å². The zero-order valence-corrected chi connectivity index (χ0v) is 10.6. The average molecular weight is 287 g/mol. The topological polar surface area (TPSA) is 59.9 Å². The SMILES string of the molecule is O=S(=O)(Cc1ccccc1F)c1ncc(Cl)cn1. The molecule has 2 aromatic rings. The second-order valence-corrected chi connectivity index (χ2v) is 5.85. The van der Waals surface area contributed by atoms with Crippen LogP contribution in [0, 0.1) is 5.82 Å². The molecule has 0 atom stereocenters. The molecular weight excluding hydrogens is 279 g/mol. The summed E-state index contributed by atoms with van der Waals surface area (Å²) >= 11 is 5.57. The van der Waals surface area contributed by atoms with Gasteiger partial charge in [-0.2, -0.15) is 0 Å². The molecule has 0 spiro atoms. The number of aromatic nitrogens is 2. The van der Waals surface area contributed by atoms with Crippen molar-refractivity contribution < 1.29 is 12.8 Å². The summed E-state index contributed by atoms with van der Waals surface area (Å²) in [6.45, 7) is 0. The zero-order valence-electron chi connectivity index (χ0n) is 9.05. The zero-order chi connectivity index (χ0) is 13.2. The van der Waals surface area contributed by atoms with Crippen LogP contribution in [0.5, 0.6) is 0 Å². The molecule has 2 rings (SSSR count). The van der Waals surface area contributed by atoms with Crippen molar-refractivity contribution in [2.45, 2.75) is 10.9 Å². The highest BCUT2D eigenvalue weighted by Gasteiger charge is 2.20. The van der Waals surface area contributed by atoms with Crippen molar-refractivity contribution in [1.82, 2.24) is 9.97 Å². The lowest BCUT2D eigenvalue weighted by Gasteiger charge is -2.04. The van der Waals surface area contributed by atoms with Gasteiger partial charge < -0.3 is 0 Å². The molecule has 1 aromatic heterocycles. The van der Waals surface area contributed by atoms with Crippen LogP contribution in [0.25, 0.3) is 0 Å².